The van der Waals surface area contributed by atoms with Crippen LogP contribution in [-0.4, -0.2) is 64.9 Å². The summed E-state index contributed by atoms with van der Waals surface area (Å²) in [6, 6.07) is 9.86. The third-order valence-corrected chi connectivity index (χ3v) is 7.42. The van der Waals surface area contributed by atoms with Crippen LogP contribution < -0.4 is 10.2 Å². The number of anilines is 1. The fourth-order valence-electron chi connectivity index (χ4n) is 5.22. The summed E-state index contributed by atoms with van der Waals surface area (Å²) in [6.45, 7) is 0.833. The number of hydrogen-bond donors (Lipinski definition) is 3. The fraction of sp³-hybridized carbons (Fsp3) is 0.423. The summed E-state index contributed by atoms with van der Waals surface area (Å²) in [5.41, 5.74) is 1.35. The van der Waals surface area contributed by atoms with Crippen molar-refractivity contribution < 1.29 is 37.8 Å². The summed E-state index contributed by atoms with van der Waals surface area (Å²) < 4.78 is 42.2. The fourth-order valence-corrected chi connectivity index (χ4v) is 5.41. The Bertz CT molecular complexity index is 1220. The molecule has 1 fully saturated rings. The molecular formula is C26H27ClF3N3O5. The molecule has 2 aromatic rings. The van der Waals surface area contributed by atoms with E-state index in [2.05, 4.69) is 5.32 Å². The van der Waals surface area contributed by atoms with Crippen molar-refractivity contribution in [3.63, 3.8) is 0 Å². The SMILES string of the molecule is O=C(O)C(CC(=O)N1CCC(N2C(=O)NCCc3ccccc32)CC1)[C@@H](c1ccc(O)c(Cl)c1)C(F)(F)F. The lowest BCUT2D eigenvalue weighted by Gasteiger charge is -2.39. The molecule has 3 N–H and O–H groups in total. The number of carbonyl (C=O) groups is 3. The van der Waals surface area contributed by atoms with E-state index in [0.717, 1.165) is 29.4 Å². The van der Waals surface area contributed by atoms with Crippen molar-refractivity contribution >= 4 is 35.2 Å². The van der Waals surface area contributed by atoms with Gasteiger partial charge in [-0.3, -0.25) is 14.5 Å². The van der Waals surface area contributed by atoms with E-state index in [1.807, 2.05) is 24.3 Å². The van der Waals surface area contributed by atoms with Gasteiger partial charge in [-0.15, -0.1) is 0 Å². The number of carbonyl (C=O) groups excluding carboxylic acids is 2. The van der Waals surface area contributed by atoms with E-state index in [-0.39, 0.29) is 30.2 Å². The van der Waals surface area contributed by atoms with E-state index in [1.165, 1.54) is 4.90 Å². The Kier molecular flexibility index (Phi) is 8.05. The molecule has 0 radical (unpaired) electrons. The van der Waals surface area contributed by atoms with Gasteiger partial charge in [-0.05, 0) is 48.6 Å². The first-order valence-corrected chi connectivity index (χ1v) is 12.6. The van der Waals surface area contributed by atoms with Gasteiger partial charge in [0.2, 0.25) is 5.91 Å². The molecule has 1 unspecified atom stereocenters. The zero-order valence-corrected chi connectivity index (χ0v) is 21.0. The number of piperidine rings is 1. The second kappa shape index (κ2) is 11.1. The predicted molar refractivity (Wildman–Crippen MR) is 133 cm³/mol. The number of carboxylic acid groups (broad SMARTS) is 1. The van der Waals surface area contributed by atoms with E-state index in [1.54, 1.807) is 4.90 Å². The number of aromatic hydroxyl groups is 1. The van der Waals surface area contributed by atoms with Crippen LogP contribution in [0.4, 0.5) is 23.7 Å². The van der Waals surface area contributed by atoms with Crippen molar-refractivity contribution in [2.45, 2.75) is 43.8 Å². The minimum absolute atomic E-state index is 0.170. The van der Waals surface area contributed by atoms with Gasteiger partial charge >= 0.3 is 18.2 Å². The Hall–Kier alpha value is -3.47. The predicted octanol–water partition coefficient (Wildman–Crippen LogP) is 4.55. The number of phenolic OH excluding ortho intramolecular Hbond substituents is 1. The highest BCUT2D eigenvalue weighted by Gasteiger charge is 2.50. The Balaban J connectivity index is 1.48. The lowest BCUT2D eigenvalue weighted by molar-refractivity contribution is -0.177. The van der Waals surface area contributed by atoms with Crippen molar-refractivity contribution in [2.75, 3.05) is 24.5 Å². The minimum atomic E-state index is -4.98. The smallest absolute Gasteiger partial charge is 0.396 e. The molecule has 2 aliphatic heterocycles. The first-order valence-electron chi connectivity index (χ1n) is 12.2. The molecule has 0 bridgehead atoms. The first kappa shape index (κ1) is 27.6. The molecule has 2 aromatic carbocycles. The van der Waals surface area contributed by atoms with Crippen molar-refractivity contribution in [3.05, 3.63) is 58.6 Å². The summed E-state index contributed by atoms with van der Waals surface area (Å²) in [6.07, 6.45) is -4.39. The molecule has 0 saturated carbocycles. The summed E-state index contributed by atoms with van der Waals surface area (Å²) in [5, 5.41) is 21.8. The van der Waals surface area contributed by atoms with E-state index in [9.17, 15) is 37.8 Å². The number of para-hydroxylation sites is 1. The highest BCUT2D eigenvalue weighted by atomic mass is 35.5. The third kappa shape index (κ3) is 5.82. The van der Waals surface area contributed by atoms with E-state index in [0.29, 0.717) is 25.8 Å². The number of phenols is 1. The maximum absolute atomic E-state index is 14.1. The molecule has 204 valence electrons. The maximum atomic E-state index is 14.1. The molecule has 3 amide bonds. The molecule has 0 aliphatic carbocycles. The minimum Gasteiger partial charge on any atom is -0.506 e. The van der Waals surface area contributed by atoms with Crippen LogP contribution in [0.2, 0.25) is 5.02 Å². The van der Waals surface area contributed by atoms with Gasteiger partial charge in [0.1, 0.15) is 5.75 Å². The van der Waals surface area contributed by atoms with Crippen LogP contribution in [0.1, 0.15) is 36.3 Å². The molecule has 8 nitrogen and oxygen atoms in total. The number of alkyl halides is 3. The number of likely N-dealkylation sites (tertiary alicyclic amines) is 1. The Morgan fingerprint density at radius 3 is 2.45 bits per heavy atom. The average molecular weight is 554 g/mol. The lowest BCUT2D eigenvalue weighted by atomic mass is 9.82. The lowest BCUT2D eigenvalue weighted by Crippen LogP contribution is -2.52. The summed E-state index contributed by atoms with van der Waals surface area (Å²) in [5.74, 6) is -7.52. The molecule has 4 rings (SSSR count). The maximum Gasteiger partial charge on any atom is 0.396 e. The standard InChI is InChI=1S/C26H27ClF3N3O5/c27-19-13-16(5-6-21(19)34)23(26(28,29)30)18(24(36)37)14-22(35)32-11-8-17(9-12-32)33-20-4-2-1-3-15(20)7-10-31-25(33)38/h1-6,13,17-18,23,34H,7-12,14H2,(H,31,38)(H,36,37)/t18?,23-/m1/s1. The molecule has 2 atom stereocenters. The van der Waals surface area contributed by atoms with Crippen LogP contribution in [0.25, 0.3) is 0 Å². The molecule has 2 aliphatic rings. The Labute approximate surface area is 222 Å². The van der Waals surface area contributed by atoms with Crippen LogP contribution in [-0.2, 0) is 16.0 Å². The molecule has 38 heavy (non-hydrogen) atoms. The second-order valence-corrected chi connectivity index (χ2v) is 9.88. The number of amides is 3. The Morgan fingerprint density at radius 2 is 1.82 bits per heavy atom. The zero-order valence-electron chi connectivity index (χ0n) is 20.2. The van der Waals surface area contributed by atoms with Crippen LogP contribution in [0.3, 0.4) is 0 Å². The van der Waals surface area contributed by atoms with Gasteiger partial charge in [0.05, 0.1) is 16.9 Å². The van der Waals surface area contributed by atoms with Crippen molar-refractivity contribution in [3.8, 4) is 5.75 Å². The van der Waals surface area contributed by atoms with E-state index < -0.39 is 47.6 Å². The van der Waals surface area contributed by atoms with Gasteiger partial charge in [-0.1, -0.05) is 35.9 Å². The van der Waals surface area contributed by atoms with Gasteiger partial charge in [0.25, 0.3) is 0 Å². The first-order chi connectivity index (χ1) is 18.0. The summed E-state index contributed by atoms with van der Waals surface area (Å²) >= 11 is 5.78. The molecule has 0 spiro atoms. The summed E-state index contributed by atoms with van der Waals surface area (Å²) in [7, 11) is 0. The Morgan fingerprint density at radius 1 is 1.13 bits per heavy atom. The second-order valence-electron chi connectivity index (χ2n) is 9.47. The number of rotatable bonds is 6. The van der Waals surface area contributed by atoms with Crippen LogP contribution in [0, 0.1) is 5.92 Å². The number of nitrogens with zero attached hydrogens (tertiary/aromatic N) is 2. The van der Waals surface area contributed by atoms with Gasteiger partial charge in [-0.2, -0.15) is 13.2 Å². The average Bonchev–Trinajstić information content (AvgIpc) is 3.03. The normalized spacial score (nSPS) is 18.3. The number of carboxylic acids is 1. The zero-order chi connectivity index (χ0) is 27.6. The van der Waals surface area contributed by atoms with Crippen LogP contribution in [0.5, 0.6) is 5.75 Å². The number of urea groups is 1. The molecule has 0 aromatic heterocycles. The molecule has 1 saturated heterocycles. The highest BCUT2D eigenvalue weighted by Crippen LogP contribution is 2.44. The topological polar surface area (TPSA) is 110 Å². The largest absolute Gasteiger partial charge is 0.506 e. The number of benzene rings is 2. The van der Waals surface area contributed by atoms with E-state index >= 15 is 0 Å². The molecular weight excluding hydrogens is 527 g/mol. The van der Waals surface area contributed by atoms with Crippen molar-refractivity contribution in [1.29, 1.82) is 0 Å². The van der Waals surface area contributed by atoms with Gasteiger partial charge in [0, 0.05) is 37.8 Å². The van der Waals surface area contributed by atoms with Crippen molar-refractivity contribution in [2.24, 2.45) is 5.92 Å². The van der Waals surface area contributed by atoms with Crippen molar-refractivity contribution in [1.82, 2.24) is 10.2 Å². The van der Waals surface area contributed by atoms with Gasteiger partial charge in [-0.25, -0.2) is 4.79 Å². The van der Waals surface area contributed by atoms with Gasteiger partial charge < -0.3 is 20.4 Å². The molecule has 2 heterocycles. The number of aliphatic carboxylic acids is 1. The molecule has 12 heteroatoms. The number of nitrogens with one attached hydrogen (secondary N) is 1. The quantitative estimate of drug-likeness (QED) is 0.486. The third-order valence-electron chi connectivity index (χ3n) is 7.12. The number of hydrogen-bond acceptors (Lipinski definition) is 4. The summed E-state index contributed by atoms with van der Waals surface area (Å²) in [4.78, 5) is 40.8. The number of halogens is 4. The van der Waals surface area contributed by atoms with Crippen LogP contribution >= 0.6 is 11.6 Å². The highest BCUT2D eigenvalue weighted by molar-refractivity contribution is 6.32. The monoisotopic (exact) mass is 553 g/mol. The number of fused-ring (bicyclic) bond motifs is 1. The van der Waals surface area contributed by atoms with Gasteiger partial charge in [0.15, 0.2) is 0 Å². The van der Waals surface area contributed by atoms with Crippen LogP contribution in [0.15, 0.2) is 42.5 Å². The van der Waals surface area contributed by atoms with E-state index in [4.69, 9.17) is 11.6 Å².